The third kappa shape index (κ3) is 5.73. The highest BCUT2D eigenvalue weighted by molar-refractivity contribution is 7.99. The van der Waals surface area contributed by atoms with Crippen molar-refractivity contribution in [3.05, 3.63) is 5.82 Å². The van der Waals surface area contributed by atoms with Gasteiger partial charge in [-0.15, -0.1) is 18.2 Å². The highest BCUT2D eigenvalue weighted by Gasteiger charge is 2.05. The van der Waals surface area contributed by atoms with Crippen LogP contribution < -0.4 is 11.1 Å². The molecule has 0 aliphatic carbocycles. The third-order valence-electron chi connectivity index (χ3n) is 2.00. The topological polar surface area (TPSA) is 76.7 Å². The van der Waals surface area contributed by atoms with Crippen LogP contribution in [0.4, 0.5) is 11.9 Å². The van der Waals surface area contributed by atoms with Gasteiger partial charge in [0, 0.05) is 18.7 Å². The molecule has 18 heavy (non-hydrogen) atoms. The lowest BCUT2D eigenvalue weighted by atomic mass is 10.1. The van der Waals surface area contributed by atoms with Crippen LogP contribution in [0.15, 0.2) is 0 Å². The number of aromatic nitrogens is 3. The van der Waals surface area contributed by atoms with Gasteiger partial charge >= 0.3 is 0 Å². The molecule has 0 saturated carbocycles. The van der Waals surface area contributed by atoms with Crippen LogP contribution in [-0.2, 0) is 6.42 Å². The molecule has 98 valence electrons. The summed E-state index contributed by atoms with van der Waals surface area (Å²) in [7, 11) is 0. The van der Waals surface area contributed by atoms with Crippen molar-refractivity contribution in [3.63, 3.8) is 0 Å². The predicted octanol–water partition coefficient (Wildman–Crippen LogP) is 1.43. The van der Waals surface area contributed by atoms with Crippen molar-refractivity contribution in [1.82, 2.24) is 15.0 Å². The molecule has 3 N–H and O–H groups in total. The second-order valence-electron chi connectivity index (χ2n) is 4.21. The molecule has 5 nitrogen and oxygen atoms in total. The molecule has 0 spiro atoms. The van der Waals surface area contributed by atoms with Gasteiger partial charge in [-0.2, -0.15) is 15.0 Å². The standard InChI is InChI=1S/C12H19N5S/c1-4-6-18-7-5-14-12-16-10(8-9(2)3)15-11(13)17-12/h1,9H,5-8H2,2-3H3,(H3,13,14,15,16,17). The summed E-state index contributed by atoms with van der Waals surface area (Å²) in [6.07, 6.45) is 5.97. The molecule has 0 aromatic carbocycles. The van der Waals surface area contributed by atoms with Crippen LogP contribution in [0.1, 0.15) is 19.7 Å². The Bertz CT molecular complexity index is 413. The Kier molecular flexibility index (Phi) is 6.29. The Morgan fingerprint density at radius 3 is 2.83 bits per heavy atom. The van der Waals surface area contributed by atoms with Crippen LogP contribution in [0.3, 0.4) is 0 Å². The van der Waals surface area contributed by atoms with Crippen molar-refractivity contribution < 1.29 is 0 Å². The van der Waals surface area contributed by atoms with Crippen molar-refractivity contribution in [3.8, 4) is 12.3 Å². The number of hydrogen-bond donors (Lipinski definition) is 2. The normalized spacial score (nSPS) is 10.3. The number of anilines is 2. The number of nitrogens with one attached hydrogen (secondary N) is 1. The van der Waals surface area contributed by atoms with Crippen LogP contribution in [0, 0.1) is 18.3 Å². The van der Waals surface area contributed by atoms with Crippen LogP contribution in [0.2, 0.25) is 0 Å². The van der Waals surface area contributed by atoms with Gasteiger partial charge in [0.1, 0.15) is 5.82 Å². The zero-order chi connectivity index (χ0) is 13.4. The summed E-state index contributed by atoms with van der Waals surface area (Å²) in [5, 5.41) is 3.13. The zero-order valence-electron chi connectivity index (χ0n) is 10.8. The van der Waals surface area contributed by atoms with Gasteiger partial charge in [-0.3, -0.25) is 0 Å². The number of hydrogen-bond acceptors (Lipinski definition) is 6. The number of nitrogen functional groups attached to an aromatic ring is 1. The first kappa shape index (κ1) is 14.6. The van der Waals surface area contributed by atoms with Gasteiger partial charge in [0.25, 0.3) is 0 Å². The summed E-state index contributed by atoms with van der Waals surface area (Å²) in [6, 6.07) is 0. The van der Waals surface area contributed by atoms with Crippen LogP contribution >= 0.6 is 11.8 Å². The lowest BCUT2D eigenvalue weighted by molar-refractivity contribution is 0.619. The van der Waals surface area contributed by atoms with Crippen molar-refractivity contribution in [2.75, 3.05) is 29.1 Å². The minimum atomic E-state index is 0.263. The Morgan fingerprint density at radius 2 is 2.17 bits per heavy atom. The van der Waals surface area contributed by atoms with E-state index in [-0.39, 0.29) is 5.95 Å². The Labute approximate surface area is 112 Å². The molecule has 0 aliphatic heterocycles. The van der Waals surface area contributed by atoms with E-state index in [2.05, 4.69) is 40.0 Å². The minimum absolute atomic E-state index is 0.263. The fourth-order valence-electron chi connectivity index (χ4n) is 1.34. The molecule has 0 bridgehead atoms. The van der Waals surface area contributed by atoms with E-state index >= 15 is 0 Å². The van der Waals surface area contributed by atoms with E-state index in [4.69, 9.17) is 12.2 Å². The molecule has 0 unspecified atom stereocenters. The third-order valence-corrected chi connectivity index (χ3v) is 2.87. The Hall–Kier alpha value is -1.48. The SMILES string of the molecule is C#CCSCCNc1nc(N)nc(CC(C)C)n1. The zero-order valence-corrected chi connectivity index (χ0v) is 11.6. The van der Waals surface area contributed by atoms with Crippen molar-refractivity contribution in [2.45, 2.75) is 20.3 Å². The average Bonchev–Trinajstić information content (AvgIpc) is 2.27. The van der Waals surface area contributed by atoms with Crippen molar-refractivity contribution in [2.24, 2.45) is 5.92 Å². The number of rotatable bonds is 7. The van der Waals surface area contributed by atoms with Crippen LogP contribution in [-0.4, -0.2) is 33.0 Å². The van der Waals surface area contributed by atoms with E-state index < -0.39 is 0 Å². The van der Waals surface area contributed by atoms with E-state index in [0.29, 0.717) is 11.9 Å². The predicted molar refractivity (Wildman–Crippen MR) is 77.4 cm³/mol. The van der Waals surface area contributed by atoms with Crippen molar-refractivity contribution in [1.29, 1.82) is 0 Å². The Balaban J connectivity index is 2.49. The van der Waals surface area contributed by atoms with Gasteiger partial charge in [0.2, 0.25) is 11.9 Å². The molecule has 0 saturated heterocycles. The van der Waals surface area contributed by atoms with E-state index in [0.717, 1.165) is 30.3 Å². The fourth-order valence-corrected chi connectivity index (χ4v) is 1.85. The lowest BCUT2D eigenvalue weighted by Crippen LogP contribution is -2.13. The van der Waals surface area contributed by atoms with Crippen LogP contribution in [0.5, 0.6) is 0 Å². The molecule has 0 radical (unpaired) electrons. The Morgan fingerprint density at radius 1 is 1.39 bits per heavy atom. The van der Waals surface area contributed by atoms with Crippen LogP contribution in [0.25, 0.3) is 0 Å². The molecule has 1 rings (SSSR count). The number of thioether (sulfide) groups is 1. The molecule has 0 fully saturated rings. The van der Waals surface area contributed by atoms with Gasteiger partial charge in [0.15, 0.2) is 0 Å². The molecular formula is C12H19N5S. The monoisotopic (exact) mass is 265 g/mol. The molecular weight excluding hydrogens is 246 g/mol. The smallest absolute Gasteiger partial charge is 0.227 e. The van der Waals surface area contributed by atoms with Crippen molar-refractivity contribution >= 4 is 23.7 Å². The van der Waals surface area contributed by atoms with Gasteiger partial charge in [-0.05, 0) is 5.92 Å². The first-order chi connectivity index (χ1) is 8.61. The van der Waals surface area contributed by atoms with E-state index in [9.17, 15) is 0 Å². The maximum atomic E-state index is 5.65. The average molecular weight is 265 g/mol. The second-order valence-corrected chi connectivity index (χ2v) is 5.32. The van der Waals surface area contributed by atoms with E-state index in [1.807, 2.05) is 0 Å². The summed E-state index contributed by atoms with van der Waals surface area (Å²) in [5.74, 6) is 6.24. The quantitative estimate of drug-likeness (QED) is 0.574. The summed E-state index contributed by atoms with van der Waals surface area (Å²) in [6.45, 7) is 4.99. The maximum Gasteiger partial charge on any atom is 0.227 e. The molecule has 6 heteroatoms. The molecule has 0 atom stereocenters. The first-order valence-corrected chi connectivity index (χ1v) is 7.02. The number of nitrogens with two attached hydrogens (primary N) is 1. The highest BCUT2D eigenvalue weighted by Crippen LogP contribution is 2.08. The summed E-state index contributed by atoms with van der Waals surface area (Å²) in [5.41, 5.74) is 5.65. The lowest BCUT2D eigenvalue weighted by Gasteiger charge is -2.08. The second kappa shape index (κ2) is 7.77. The van der Waals surface area contributed by atoms with Gasteiger partial charge in [-0.25, -0.2) is 0 Å². The van der Waals surface area contributed by atoms with Gasteiger partial charge in [-0.1, -0.05) is 19.8 Å². The molecule has 0 amide bonds. The number of nitrogens with zero attached hydrogens (tertiary/aromatic N) is 3. The summed E-state index contributed by atoms with van der Waals surface area (Å²) in [4.78, 5) is 12.5. The van der Waals surface area contributed by atoms with E-state index in [1.54, 1.807) is 11.8 Å². The summed E-state index contributed by atoms with van der Waals surface area (Å²) >= 11 is 1.69. The fraction of sp³-hybridized carbons (Fsp3) is 0.583. The largest absolute Gasteiger partial charge is 0.368 e. The maximum absolute atomic E-state index is 5.65. The number of terminal acetylenes is 1. The molecule has 0 aliphatic rings. The molecule has 1 heterocycles. The van der Waals surface area contributed by atoms with Gasteiger partial charge in [0.05, 0.1) is 5.75 Å². The first-order valence-electron chi connectivity index (χ1n) is 5.87. The molecule has 1 aromatic rings. The minimum Gasteiger partial charge on any atom is -0.368 e. The van der Waals surface area contributed by atoms with E-state index in [1.165, 1.54) is 0 Å². The van der Waals surface area contributed by atoms with Gasteiger partial charge < -0.3 is 11.1 Å². The highest BCUT2D eigenvalue weighted by atomic mass is 32.2. The molecule has 1 aromatic heterocycles. The summed E-state index contributed by atoms with van der Waals surface area (Å²) < 4.78 is 0.